The number of hydrogen-bond donors (Lipinski definition) is 0. The summed E-state index contributed by atoms with van der Waals surface area (Å²) in [5, 5.41) is 0. The van der Waals surface area contributed by atoms with Crippen molar-refractivity contribution < 1.29 is 13.9 Å². The normalized spacial score (nSPS) is 10.2. The first kappa shape index (κ1) is 12.8. The van der Waals surface area contributed by atoms with Crippen LogP contribution < -0.4 is 9.47 Å². The van der Waals surface area contributed by atoms with E-state index in [2.05, 4.69) is 20.9 Å². The Hall–Kier alpha value is -1.62. The molecule has 0 saturated heterocycles. The van der Waals surface area contributed by atoms with Crippen molar-refractivity contribution in [1.82, 2.24) is 4.98 Å². The minimum Gasteiger partial charge on any atom is -0.487 e. The van der Waals surface area contributed by atoms with E-state index in [0.29, 0.717) is 16.1 Å². The molecule has 2 rings (SSSR count). The van der Waals surface area contributed by atoms with E-state index in [0.717, 1.165) is 5.56 Å². The maximum atomic E-state index is 13.1. The van der Waals surface area contributed by atoms with Crippen LogP contribution in [-0.2, 0) is 6.61 Å². The highest BCUT2D eigenvalue weighted by molar-refractivity contribution is 9.10. The second-order valence-electron chi connectivity index (χ2n) is 3.54. The standard InChI is InChI=1S/C13H11BrFNO2/c1-17-13-9(3-2-6-16-13)8-18-12-7-10(15)4-5-11(12)14/h2-7H,8H2,1H3. The topological polar surface area (TPSA) is 31.4 Å². The third-order valence-electron chi connectivity index (χ3n) is 2.32. The van der Waals surface area contributed by atoms with Crippen molar-refractivity contribution >= 4 is 15.9 Å². The molecular weight excluding hydrogens is 301 g/mol. The molecule has 5 heteroatoms. The fraction of sp³-hybridized carbons (Fsp3) is 0.154. The highest BCUT2D eigenvalue weighted by Crippen LogP contribution is 2.27. The van der Waals surface area contributed by atoms with Gasteiger partial charge in [0, 0.05) is 12.3 Å². The number of aromatic nitrogens is 1. The van der Waals surface area contributed by atoms with Gasteiger partial charge in [-0.05, 0) is 40.2 Å². The monoisotopic (exact) mass is 311 g/mol. The van der Waals surface area contributed by atoms with Gasteiger partial charge in [-0.2, -0.15) is 0 Å². The summed E-state index contributed by atoms with van der Waals surface area (Å²) in [6.45, 7) is 0.263. The van der Waals surface area contributed by atoms with E-state index in [9.17, 15) is 4.39 Å². The van der Waals surface area contributed by atoms with Gasteiger partial charge < -0.3 is 9.47 Å². The molecule has 0 aliphatic rings. The lowest BCUT2D eigenvalue weighted by Gasteiger charge is -2.10. The molecule has 1 aromatic heterocycles. The summed E-state index contributed by atoms with van der Waals surface area (Å²) in [6, 6.07) is 7.93. The molecule has 1 heterocycles. The second kappa shape index (κ2) is 5.82. The maximum absolute atomic E-state index is 13.1. The summed E-state index contributed by atoms with van der Waals surface area (Å²) in [7, 11) is 1.55. The highest BCUT2D eigenvalue weighted by atomic mass is 79.9. The summed E-state index contributed by atoms with van der Waals surface area (Å²) in [5.41, 5.74) is 0.802. The smallest absolute Gasteiger partial charge is 0.219 e. The van der Waals surface area contributed by atoms with Crippen LogP contribution in [0.4, 0.5) is 4.39 Å². The molecule has 1 aromatic carbocycles. The van der Waals surface area contributed by atoms with E-state index in [4.69, 9.17) is 9.47 Å². The number of benzene rings is 1. The molecule has 2 aromatic rings. The van der Waals surface area contributed by atoms with Crippen LogP contribution in [0.15, 0.2) is 41.0 Å². The zero-order chi connectivity index (χ0) is 13.0. The van der Waals surface area contributed by atoms with Crippen LogP contribution in [0, 0.1) is 5.82 Å². The molecule has 0 spiro atoms. The van der Waals surface area contributed by atoms with Crippen LogP contribution in [0.2, 0.25) is 0 Å². The zero-order valence-electron chi connectivity index (χ0n) is 9.69. The molecular formula is C13H11BrFNO2. The molecule has 0 radical (unpaired) electrons. The molecule has 0 atom stereocenters. The average Bonchev–Trinajstić information content (AvgIpc) is 2.40. The van der Waals surface area contributed by atoms with Gasteiger partial charge >= 0.3 is 0 Å². The van der Waals surface area contributed by atoms with E-state index in [-0.39, 0.29) is 12.4 Å². The van der Waals surface area contributed by atoms with Gasteiger partial charge in [0.25, 0.3) is 0 Å². The van der Waals surface area contributed by atoms with Gasteiger partial charge in [0.1, 0.15) is 18.2 Å². The van der Waals surface area contributed by atoms with Crippen molar-refractivity contribution in [3.63, 3.8) is 0 Å². The van der Waals surface area contributed by atoms with Crippen LogP contribution in [0.1, 0.15) is 5.56 Å². The molecule has 94 valence electrons. The quantitative estimate of drug-likeness (QED) is 0.865. The van der Waals surface area contributed by atoms with Gasteiger partial charge in [-0.25, -0.2) is 9.37 Å². The summed E-state index contributed by atoms with van der Waals surface area (Å²) < 4.78 is 24.4. The second-order valence-corrected chi connectivity index (χ2v) is 4.39. The van der Waals surface area contributed by atoms with Crippen LogP contribution >= 0.6 is 15.9 Å². The SMILES string of the molecule is COc1ncccc1COc1cc(F)ccc1Br. The number of ether oxygens (including phenoxy) is 2. The van der Waals surface area contributed by atoms with Crippen molar-refractivity contribution in [3.8, 4) is 11.6 Å². The molecule has 0 N–H and O–H groups in total. The van der Waals surface area contributed by atoms with E-state index >= 15 is 0 Å². The first-order valence-electron chi connectivity index (χ1n) is 5.26. The minimum atomic E-state index is -0.341. The first-order chi connectivity index (χ1) is 8.70. The molecule has 0 aliphatic heterocycles. The third-order valence-corrected chi connectivity index (χ3v) is 2.97. The number of rotatable bonds is 4. The molecule has 0 unspecified atom stereocenters. The Balaban J connectivity index is 2.14. The minimum absolute atomic E-state index is 0.263. The number of pyridine rings is 1. The van der Waals surface area contributed by atoms with E-state index < -0.39 is 0 Å². The number of methoxy groups -OCH3 is 1. The molecule has 3 nitrogen and oxygen atoms in total. The summed E-state index contributed by atoms with van der Waals surface area (Å²) in [4.78, 5) is 4.06. The van der Waals surface area contributed by atoms with Crippen molar-refractivity contribution in [3.05, 3.63) is 52.4 Å². The van der Waals surface area contributed by atoms with Gasteiger partial charge in [-0.15, -0.1) is 0 Å². The van der Waals surface area contributed by atoms with E-state index in [1.807, 2.05) is 6.07 Å². The van der Waals surface area contributed by atoms with Gasteiger partial charge in [0.2, 0.25) is 5.88 Å². The molecule has 0 saturated carbocycles. The van der Waals surface area contributed by atoms with E-state index in [1.54, 1.807) is 25.4 Å². The number of halogens is 2. The molecule has 18 heavy (non-hydrogen) atoms. The van der Waals surface area contributed by atoms with Gasteiger partial charge in [-0.1, -0.05) is 0 Å². The predicted molar refractivity (Wildman–Crippen MR) is 69.2 cm³/mol. The number of hydrogen-bond acceptors (Lipinski definition) is 3. The number of nitrogens with zero attached hydrogens (tertiary/aromatic N) is 1. The van der Waals surface area contributed by atoms with Crippen molar-refractivity contribution in [2.75, 3.05) is 7.11 Å². The van der Waals surface area contributed by atoms with Crippen LogP contribution in [-0.4, -0.2) is 12.1 Å². The van der Waals surface area contributed by atoms with Crippen molar-refractivity contribution in [1.29, 1.82) is 0 Å². The lowest BCUT2D eigenvalue weighted by Crippen LogP contribution is -2.00. The summed E-state index contributed by atoms with van der Waals surface area (Å²) in [6.07, 6.45) is 1.64. The Labute approximate surface area is 113 Å². The Morgan fingerprint density at radius 1 is 1.33 bits per heavy atom. The van der Waals surface area contributed by atoms with Crippen molar-refractivity contribution in [2.24, 2.45) is 0 Å². The lowest BCUT2D eigenvalue weighted by atomic mass is 10.3. The van der Waals surface area contributed by atoms with Gasteiger partial charge in [0.05, 0.1) is 17.1 Å². The largest absolute Gasteiger partial charge is 0.487 e. The van der Waals surface area contributed by atoms with Crippen molar-refractivity contribution in [2.45, 2.75) is 6.61 Å². The molecule has 0 fully saturated rings. The zero-order valence-corrected chi connectivity index (χ0v) is 11.3. The fourth-order valence-corrected chi connectivity index (χ4v) is 1.82. The highest BCUT2D eigenvalue weighted by Gasteiger charge is 2.07. The average molecular weight is 312 g/mol. The van der Waals surface area contributed by atoms with E-state index in [1.165, 1.54) is 12.1 Å². The third kappa shape index (κ3) is 2.98. The molecule has 0 bridgehead atoms. The Bertz CT molecular complexity index is 548. The summed E-state index contributed by atoms with van der Waals surface area (Å²) in [5.74, 6) is 0.609. The maximum Gasteiger partial charge on any atom is 0.219 e. The summed E-state index contributed by atoms with van der Waals surface area (Å²) >= 11 is 3.30. The lowest BCUT2D eigenvalue weighted by molar-refractivity contribution is 0.291. The van der Waals surface area contributed by atoms with Gasteiger partial charge in [-0.3, -0.25) is 0 Å². The Morgan fingerprint density at radius 3 is 2.94 bits per heavy atom. The first-order valence-corrected chi connectivity index (χ1v) is 6.05. The Morgan fingerprint density at radius 2 is 2.17 bits per heavy atom. The predicted octanol–water partition coefficient (Wildman–Crippen LogP) is 3.57. The fourth-order valence-electron chi connectivity index (χ4n) is 1.46. The Kier molecular flexibility index (Phi) is 4.15. The molecule has 0 aliphatic carbocycles. The molecule has 0 amide bonds. The van der Waals surface area contributed by atoms with Crippen LogP contribution in [0.25, 0.3) is 0 Å². The van der Waals surface area contributed by atoms with Gasteiger partial charge in [0.15, 0.2) is 0 Å². The van der Waals surface area contributed by atoms with Crippen LogP contribution in [0.3, 0.4) is 0 Å². The van der Waals surface area contributed by atoms with Crippen LogP contribution in [0.5, 0.6) is 11.6 Å².